The molecule has 0 saturated heterocycles. The summed E-state index contributed by atoms with van der Waals surface area (Å²) < 4.78 is 16.3. The molecule has 0 bridgehead atoms. The van der Waals surface area contributed by atoms with Gasteiger partial charge in [-0.05, 0) is 31.2 Å². The lowest BCUT2D eigenvalue weighted by molar-refractivity contribution is 0.407. The Hall–Kier alpha value is -3.15. The number of aromatic hydroxyl groups is 1. The maximum absolute atomic E-state index is 10.2. The SMILES string of the molecule is COc1cccc(Oc2c(-c3ccc(OC)cc3O)n[nH]c2C)c1. The van der Waals surface area contributed by atoms with Crippen LogP contribution in [0.4, 0.5) is 0 Å². The molecular formula is C18H18N2O4. The molecule has 6 heteroatoms. The van der Waals surface area contributed by atoms with E-state index < -0.39 is 0 Å². The van der Waals surface area contributed by atoms with Gasteiger partial charge in [0.05, 0.1) is 19.9 Å². The van der Waals surface area contributed by atoms with Crippen molar-refractivity contribution in [1.82, 2.24) is 10.2 Å². The van der Waals surface area contributed by atoms with E-state index in [-0.39, 0.29) is 5.75 Å². The van der Waals surface area contributed by atoms with Crippen LogP contribution >= 0.6 is 0 Å². The molecule has 0 aliphatic heterocycles. The fraction of sp³-hybridized carbons (Fsp3) is 0.167. The number of hydrogen-bond acceptors (Lipinski definition) is 5. The number of H-pyrrole nitrogens is 1. The lowest BCUT2D eigenvalue weighted by atomic mass is 10.1. The number of aromatic amines is 1. The Morgan fingerprint density at radius 1 is 0.958 bits per heavy atom. The van der Waals surface area contributed by atoms with E-state index in [1.807, 2.05) is 25.1 Å². The number of aromatic nitrogens is 2. The summed E-state index contributed by atoms with van der Waals surface area (Å²) in [4.78, 5) is 0. The first kappa shape index (κ1) is 15.7. The van der Waals surface area contributed by atoms with E-state index in [1.165, 1.54) is 6.07 Å². The highest BCUT2D eigenvalue weighted by atomic mass is 16.5. The van der Waals surface area contributed by atoms with Crippen LogP contribution < -0.4 is 14.2 Å². The van der Waals surface area contributed by atoms with Crippen LogP contribution in [0.15, 0.2) is 42.5 Å². The third kappa shape index (κ3) is 2.99. The number of ether oxygens (including phenoxy) is 3. The number of hydrogen-bond donors (Lipinski definition) is 2. The molecule has 3 rings (SSSR count). The van der Waals surface area contributed by atoms with Crippen molar-refractivity contribution in [2.75, 3.05) is 14.2 Å². The standard InChI is InChI=1S/C18H18N2O4/c1-11-18(24-14-6-4-5-12(9-14)22-2)17(20-19-11)15-8-7-13(23-3)10-16(15)21/h4-10,21H,1-3H3,(H,19,20). The quantitative estimate of drug-likeness (QED) is 0.743. The predicted molar refractivity (Wildman–Crippen MR) is 90.0 cm³/mol. The summed E-state index contributed by atoms with van der Waals surface area (Å²) in [5.74, 6) is 2.49. The van der Waals surface area contributed by atoms with Crippen LogP contribution in [0.1, 0.15) is 5.69 Å². The van der Waals surface area contributed by atoms with Gasteiger partial charge in [0.2, 0.25) is 0 Å². The molecule has 3 aromatic rings. The molecule has 0 unspecified atom stereocenters. The highest BCUT2D eigenvalue weighted by molar-refractivity contribution is 5.74. The second-order valence-electron chi connectivity index (χ2n) is 5.19. The van der Waals surface area contributed by atoms with Crippen LogP contribution in [0.25, 0.3) is 11.3 Å². The summed E-state index contributed by atoms with van der Waals surface area (Å²) in [7, 11) is 3.15. The van der Waals surface area contributed by atoms with E-state index in [0.717, 1.165) is 5.69 Å². The summed E-state index contributed by atoms with van der Waals surface area (Å²) in [5.41, 5.74) is 1.83. The van der Waals surface area contributed by atoms with Gasteiger partial charge >= 0.3 is 0 Å². The van der Waals surface area contributed by atoms with Crippen molar-refractivity contribution in [3.8, 4) is 40.0 Å². The molecule has 0 aliphatic rings. The summed E-state index contributed by atoms with van der Waals surface area (Å²) in [6.45, 7) is 1.85. The Bertz CT molecular complexity index is 858. The zero-order valence-electron chi connectivity index (χ0n) is 13.7. The molecule has 24 heavy (non-hydrogen) atoms. The van der Waals surface area contributed by atoms with Crippen molar-refractivity contribution in [2.45, 2.75) is 6.92 Å². The highest BCUT2D eigenvalue weighted by Gasteiger charge is 2.18. The molecule has 0 spiro atoms. The summed E-state index contributed by atoms with van der Waals surface area (Å²) in [6.07, 6.45) is 0. The number of methoxy groups -OCH3 is 2. The molecule has 0 radical (unpaired) electrons. The number of nitrogens with zero attached hydrogens (tertiary/aromatic N) is 1. The Kier molecular flexibility index (Phi) is 4.29. The number of nitrogens with one attached hydrogen (secondary N) is 1. The van der Waals surface area contributed by atoms with Crippen LogP contribution in [-0.4, -0.2) is 29.5 Å². The number of rotatable bonds is 5. The van der Waals surface area contributed by atoms with Crippen molar-refractivity contribution in [2.24, 2.45) is 0 Å². The zero-order chi connectivity index (χ0) is 17.1. The zero-order valence-corrected chi connectivity index (χ0v) is 13.7. The van der Waals surface area contributed by atoms with Gasteiger partial charge in [0.15, 0.2) is 5.75 Å². The molecule has 124 valence electrons. The molecule has 0 aliphatic carbocycles. The molecular weight excluding hydrogens is 308 g/mol. The number of aryl methyl sites for hydroxylation is 1. The average molecular weight is 326 g/mol. The van der Waals surface area contributed by atoms with E-state index >= 15 is 0 Å². The van der Waals surface area contributed by atoms with Crippen molar-refractivity contribution in [3.63, 3.8) is 0 Å². The fourth-order valence-corrected chi connectivity index (χ4v) is 2.35. The Morgan fingerprint density at radius 2 is 1.67 bits per heavy atom. The molecule has 6 nitrogen and oxygen atoms in total. The van der Waals surface area contributed by atoms with Crippen LogP contribution in [0.2, 0.25) is 0 Å². The first-order chi connectivity index (χ1) is 11.6. The minimum Gasteiger partial charge on any atom is -0.507 e. The maximum atomic E-state index is 10.2. The van der Waals surface area contributed by atoms with Crippen molar-refractivity contribution in [1.29, 1.82) is 0 Å². The van der Waals surface area contributed by atoms with Gasteiger partial charge < -0.3 is 19.3 Å². The normalized spacial score (nSPS) is 10.5. The molecule has 0 saturated carbocycles. The van der Waals surface area contributed by atoms with Crippen molar-refractivity contribution >= 4 is 0 Å². The molecule has 1 aromatic heterocycles. The summed E-state index contributed by atoms with van der Waals surface area (Å²) in [6, 6.07) is 12.3. The van der Waals surface area contributed by atoms with Crippen LogP contribution in [-0.2, 0) is 0 Å². The molecule has 2 N–H and O–H groups in total. The Balaban J connectivity index is 2.00. The van der Waals surface area contributed by atoms with Gasteiger partial charge in [-0.2, -0.15) is 5.10 Å². The van der Waals surface area contributed by atoms with Crippen LogP contribution in [0.5, 0.6) is 28.7 Å². The van der Waals surface area contributed by atoms with E-state index in [4.69, 9.17) is 14.2 Å². The third-order valence-electron chi connectivity index (χ3n) is 3.61. The summed E-state index contributed by atoms with van der Waals surface area (Å²) >= 11 is 0. The lowest BCUT2D eigenvalue weighted by Crippen LogP contribution is -1.90. The first-order valence-corrected chi connectivity index (χ1v) is 7.36. The summed E-state index contributed by atoms with van der Waals surface area (Å²) in [5, 5.41) is 17.4. The monoisotopic (exact) mass is 326 g/mol. The van der Waals surface area contributed by atoms with E-state index in [1.54, 1.807) is 32.4 Å². The van der Waals surface area contributed by atoms with E-state index in [0.29, 0.717) is 34.3 Å². The fourth-order valence-electron chi connectivity index (χ4n) is 2.35. The second kappa shape index (κ2) is 6.54. The van der Waals surface area contributed by atoms with Gasteiger partial charge in [0.1, 0.15) is 28.7 Å². The van der Waals surface area contributed by atoms with E-state index in [2.05, 4.69) is 10.2 Å². The Morgan fingerprint density at radius 3 is 2.38 bits per heavy atom. The molecule has 0 fully saturated rings. The van der Waals surface area contributed by atoms with Crippen molar-refractivity contribution in [3.05, 3.63) is 48.2 Å². The largest absolute Gasteiger partial charge is 0.507 e. The Labute approximate surface area is 139 Å². The highest BCUT2D eigenvalue weighted by Crippen LogP contribution is 2.40. The maximum Gasteiger partial charge on any atom is 0.176 e. The smallest absolute Gasteiger partial charge is 0.176 e. The molecule has 0 atom stereocenters. The minimum absolute atomic E-state index is 0.0661. The van der Waals surface area contributed by atoms with Crippen molar-refractivity contribution < 1.29 is 19.3 Å². The van der Waals surface area contributed by atoms with Gasteiger partial charge in [0, 0.05) is 17.7 Å². The van der Waals surface area contributed by atoms with E-state index in [9.17, 15) is 5.11 Å². The predicted octanol–water partition coefficient (Wildman–Crippen LogP) is 3.90. The van der Waals surface area contributed by atoms with Crippen LogP contribution in [0.3, 0.4) is 0 Å². The number of phenolic OH excluding ortho intramolecular Hbond substituents is 1. The first-order valence-electron chi connectivity index (χ1n) is 7.36. The third-order valence-corrected chi connectivity index (χ3v) is 3.61. The second-order valence-corrected chi connectivity index (χ2v) is 5.19. The van der Waals surface area contributed by atoms with Gasteiger partial charge in [-0.3, -0.25) is 5.10 Å². The van der Waals surface area contributed by atoms with Crippen LogP contribution in [0, 0.1) is 6.92 Å². The molecule has 1 heterocycles. The lowest BCUT2D eigenvalue weighted by Gasteiger charge is -2.10. The van der Waals surface area contributed by atoms with Gasteiger partial charge in [-0.1, -0.05) is 6.07 Å². The average Bonchev–Trinajstić information content (AvgIpc) is 2.95. The topological polar surface area (TPSA) is 76.6 Å². The van der Waals surface area contributed by atoms with Gasteiger partial charge in [-0.15, -0.1) is 0 Å². The van der Waals surface area contributed by atoms with Gasteiger partial charge in [0.25, 0.3) is 0 Å². The van der Waals surface area contributed by atoms with Gasteiger partial charge in [-0.25, -0.2) is 0 Å². The molecule has 2 aromatic carbocycles. The number of benzene rings is 2. The number of phenols is 1. The molecule has 0 amide bonds. The minimum atomic E-state index is 0.0661.